The predicted molar refractivity (Wildman–Crippen MR) is 190 cm³/mol. The first-order valence-electron chi connectivity index (χ1n) is 15.5. The van der Waals surface area contributed by atoms with Gasteiger partial charge in [-0.15, -0.1) is 0 Å². The van der Waals surface area contributed by atoms with Crippen molar-refractivity contribution in [3.63, 3.8) is 0 Å². The standard InChI is InChI=1S/C37H41Cl2N3O4S/c1-6-28-14-10-11-15-33(28)42(47(45,46)31-20-16-26(2)17-21-31)25-35(43)41(24-29-18-19-30(38)23-32(29)39)34(36(44)40-37(3,4)5)22-27-12-8-7-9-13-27/h7-21,23,34H,6,22,24-25H2,1-5H3,(H,40,44)/t34-/m1/s1. The van der Waals surface area contributed by atoms with Crippen molar-refractivity contribution < 1.29 is 18.0 Å². The molecule has 0 aromatic heterocycles. The molecule has 1 atom stereocenters. The molecular weight excluding hydrogens is 653 g/mol. The van der Waals surface area contributed by atoms with E-state index in [0.717, 1.165) is 21.0 Å². The molecule has 0 fully saturated rings. The number of hydrogen-bond acceptors (Lipinski definition) is 4. The van der Waals surface area contributed by atoms with Gasteiger partial charge in [-0.1, -0.05) is 102 Å². The van der Waals surface area contributed by atoms with Gasteiger partial charge in [0.1, 0.15) is 12.6 Å². The van der Waals surface area contributed by atoms with Crippen molar-refractivity contribution in [3.05, 3.63) is 129 Å². The third kappa shape index (κ3) is 9.37. The third-order valence-corrected chi connectivity index (χ3v) is 10.0. The molecule has 2 amide bonds. The molecule has 248 valence electrons. The minimum Gasteiger partial charge on any atom is -0.350 e. The van der Waals surface area contributed by atoms with E-state index in [-0.39, 0.29) is 23.8 Å². The summed E-state index contributed by atoms with van der Waals surface area (Å²) in [6.07, 6.45) is 0.731. The number of amides is 2. The number of carbonyl (C=O) groups is 2. The molecule has 10 heteroatoms. The Labute approximate surface area is 288 Å². The molecule has 0 bridgehead atoms. The Bertz CT molecular complexity index is 1810. The van der Waals surface area contributed by atoms with Crippen LogP contribution in [0, 0.1) is 6.92 Å². The monoisotopic (exact) mass is 693 g/mol. The SMILES string of the molecule is CCc1ccccc1N(CC(=O)N(Cc1ccc(Cl)cc1Cl)[C@H](Cc1ccccc1)C(=O)NC(C)(C)C)S(=O)(=O)c1ccc(C)cc1. The lowest BCUT2D eigenvalue weighted by atomic mass is 10.0. The van der Waals surface area contributed by atoms with Crippen LogP contribution in [0.3, 0.4) is 0 Å². The number of sulfonamides is 1. The Kier molecular flexibility index (Phi) is 11.8. The van der Waals surface area contributed by atoms with Crippen molar-refractivity contribution in [1.82, 2.24) is 10.2 Å². The highest BCUT2D eigenvalue weighted by atomic mass is 35.5. The van der Waals surface area contributed by atoms with Crippen molar-refractivity contribution in [2.24, 2.45) is 0 Å². The largest absolute Gasteiger partial charge is 0.350 e. The molecule has 0 radical (unpaired) electrons. The summed E-state index contributed by atoms with van der Waals surface area (Å²) in [5, 5.41) is 3.78. The van der Waals surface area contributed by atoms with Gasteiger partial charge in [-0.3, -0.25) is 13.9 Å². The molecule has 0 saturated heterocycles. The molecule has 47 heavy (non-hydrogen) atoms. The molecule has 1 N–H and O–H groups in total. The van der Waals surface area contributed by atoms with Gasteiger partial charge in [0.05, 0.1) is 10.6 Å². The van der Waals surface area contributed by atoms with E-state index in [1.807, 2.05) is 77.1 Å². The van der Waals surface area contributed by atoms with Gasteiger partial charge in [0.2, 0.25) is 11.8 Å². The molecule has 4 aromatic rings. The maximum atomic E-state index is 14.7. The summed E-state index contributed by atoms with van der Waals surface area (Å²) in [4.78, 5) is 30.2. The molecule has 4 aromatic carbocycles. The van der Waals surface area contributed by atoms with Crippen molar-refractivity contribution in [2.75, 3.05) is 10.8 Å². The van der Waals surface area contributed by atoms with Crippen molar-refractivity contribution in [2.45, 2.75) is 70.5 Å². The highest BCUT2D eigenvalue weighted by Gasteiger charge is 2.36. The van der Waals surface area contributed by atoms with Gasteiger partial charge in [0.15, 0.2) is 0 Å². The average Bonchev–Trinajstić information content (AvgIpc) is 3.02. The van der Waals surface area contributed by atoms with Crippen LogP contribution in [0.1, 0.15) is 49.9 Å². The number of para-hydroxylation sites is 1. The molecule has 0 heterocycles. The van der Waals surface area contributed by atoms with E-state index in [1.54, 1.807) is 42.5 Å². The molecular formula is C37H41Cl2N3O4S. The van der Waals surface area contributed by atoms with Gasteiger partial charge >= 0.3 is 0 Å². The Hall–Kier alpha value is -3.85. The van der Waals surface area contributed by atoms with Crippen LogP contribution < -0.4 is 9.62 Å². The van der Waals surface area contributed by atoms with Crippen LogP contribution in [-0.2, 0) is 39.0 Å². The number of hydrogen-bond donors (Lipinski definition) is 1. The average molecular weight is 695 g/mol. The summed E-state index contributed by atoms with van der Waals surface area (Å²) in [6, 6.07) is 27.0. The van der Waals surface area contributed by atoms with E-state index in [2.05, 4.69) is 5.32 Å². The molecule has 0 spiro atoms. The van der Waals surface area contributed by atoms with Crippen molar-refractivity contribution in [1.29, 1.82) is 0 Å². The second-order valence-corrected chi connectivity index (χ2v) is 15.2. The fourth-order valence-corrected chi connectivity index (χ4v) is 7.16. The Morgan fingerprint density at radius 3 is 2.11 bits per heavy atom. The Morgan fingerprint density at radius 2 is 1.49 bits per heavy atom. The normalized spacial score (nSPS) is 12.3. The van der Waals surface area contributed by atoms with Gasteiger partial charge in [-0.2, -0.15) is 0 Å². The summed E-state index contributed by atoms with van der Waals surface area (Å²) in [5.74, 6) is -0.940. The summed E-state index contributed by atoms with van der Waals surface area (Å²) < 4.78 is 29.8. The van der Waals surface area contributed by atoms with E-state index in [9.17, 15) is 18.0 Å². The van der Waals surface area contributed by atoms with Gasteiger partial charge in [-0.05, 0) is 81.1 Å². The summed E-state index contributed by atoms with van der Waals surface area (Å²) >= 11 is 12.8. The molecule has 0 aliphatic rings. The van der Waals surface area contributed by atoms with Gasteiger partial charge in [-0.25, -0.2) is 8.42 Å². The number of halogens is 2. The molecule has 0 saturated carbocycles. The van der Waals surface area contributed by atoms with Crippen molar-refractivity contribution >= 4 is 50.7 Å². The lowest BCUT2D eigenvalue weighted by molar-refractivity contribution is -0.140. The summed E-state index contributed by atoms with van der Waals surface area (Å²) in [7, 11) is -4.21. The minimum absolute atomic E-state index is 0.0559. The number of carbonyl (C=O) groups excluding carboxylic acids is 2. The third-order valence-electron chi connectivity index (χ3n) is 7.65. The van der Waals surface area contributed by atoms with Crippen LogP contribution in [0.2, 0.25) is 10.0 Å². The molecule has 7 nitrogen and oxygen atoms in total. The Balaban J connectivity index is 1.87. The van der Waals surface area contributed by atoms with E-state index < -0.39 is 34.1 Å². The fourth-order valence-electron chi connectivity index (χ4n) is 5.24. The molecule has 0 aliphatic heterocycles. The lowest BCUT2D eigenvalue weighted by Gasteiger charge is -2.35. The quantitative estimate of drug-likeness (QED) is 0.165. The van der Waals surface area contributed by atoms with Crippen LogP contribution in [0.4, 0.5) is 5.69 Å². The van der Waals surface area contributed by atoms with Crippen LogP contribution in [0.15, 0.2) is 102 Å². The van der Waals surface area contributed by atoms with E-state index in [0.29, 0.717) is 27.7 Å². The number of aryl methyl sites for hydroxylation is 2. The zero-order chi connectivity index (χ0) is 34.4. The smallest absolute Gasteiger partial charge is 0.264 e. The number of anilines is 1. The zero-order valence-corrected chi connectivity index (χ0v) is 29.7. The molecule has 0 unspecified atom stereocenters. The maximum Gasteiger partial charge on any atom is 0.264 e. The van der Waals surface area contributed by atoms with Gasteiger partial charge in [0, 0.05) is 28.5 Å². The van der Waals surface area contributed by atoms with Crippen LogP contribution in [-0.4, -0.2) is 43.3 Å². The lowest BCUT2D eigenvalue weighted by Crippen LogP contribution is -2.56. The number of rotatable bonds is 12. The van der Waals surface area contributed by atoms with E-state index >= 15 is 0 Å². The fraction of sp³-hybridized carbons (Fsp3) is 0.297. The second-order valence-electron chi connectivity index (χ2n) is 12.5. The van der Waals surface area contributed by atoms with E-state index in [1.165, 1.54) is 17.0 Å². The summed E-state index contributed by atoms with van der Waals surface area (Å²) in [6.45, 7) is 8.79. The van der Waals surface area contributed by atoms with Crippen molar-refractivity contribution in [3.8, 4) is 0 Å². The first kappa shape index (κ1) is 36.0. The van der Waals surface area contributed by atoms with Gasteiger partial charge < -0.3 is 10.2 Å². The highest BCUT2D eigenvalue weighted by Crippen LogP contribution is 2.30. The maximum absolute atomic E-state index is 14.7. The first-order valence-corrected chi connectivity index (χ1v) is 17.7. The second kappa shape index (κ2) is 15.4. The number of benzene rings is 4. The Morgan fingerprint density at radius 1 is 0.851 bits per heavy atom. The zero-order valence-electron chi connectivity index (χ0n) is 27.3. The number of nitrogens with zero attached hydrogens (tertiary/aromatic N) is 2. The van der Waals surface area contributed by atoms with Gasteiger partial charge in [0.25, 0.3) is 10.0 Å². The van der Waals surface area contributed by atoms with Crippen LogP contribution in [0.5, 0.6) is 0 Å². The topological polar surface area (TPSA) is 86.8 Å². The first-order chi connectivity index (χ1) is 22.2. The van der Waals surface area contributed by atoms with Crippen LogP contribution in [0.25, 0.3) is 0 Å². The number of nitrogens with one attached hydrogen (secondary N) is 1. The van der Waals surface area contributed by atoms with Crippen LogP contribution >= 0.6 is 23.2 Å². The molecule has 4 rings (SSSR count). The molecule has 0 aliphatic carbocycles. The highest BCUT2D eigenvalue weighted by molar-refractivity contribution is 7.92. The summed E-state index contributed by atoms with van der Waals surface area (Å²) in [5.41, 5.74) is 2.86. The minimum atomic E-state index is -4.21. The predicted octanol–water partition coefficient (Wildman–Crippen LogP) is 7.61. The van der Waals surface area contributed by atoms with E-state index in [4.69, 9.17) is 23.2 Å².